The quantitative estimate of drug-likeness (QED) is 0.510. The highest BCUT2D eigenvalue weighted by atomic mass is 35.5. The van der Waals surface area contributed by atoms with E-state index < -0.39 is 6.09 Å². The van der Waals surface area contributed by atoms with Gasteiger partial charge in [-0.2, -0.15) is 0 Å². The lowest BCUT2D eigenvalue weighted by Crippen LogP contribution is -2.11. The second-order valence-electron chi connectivity index (χ2n) is 2.84. The molecule has 0 fully saturated rings. The Hall–Kier alpha value is -1.26. The summed E-state index contributed by atoms with van der Waals surface area (Å²) in [4.78, 5) is 15.7. The van der Waals surface area contributed by atoms with E-state index in [0.717, 1.165) is 0 Å². The Morgan fingerprint density at radius 2 is 2.31 bits per heavy atom. The summed E-state index contributed by atoms with van der Waals surface area (Å²) in [6.45, 7) is 1.80. The number of carbonyl (C=O) groups excluding carboxylic acids is 1. The van der Waals surface area contributed by atoms with Crippen molar-refractivity contribution in [2.24, 2.45) is 5.16 Å². The Balaban J connectivity index is 2.52. The first-order valence-corrected chi connectivity index (χ1v) is 5.33. The molecule has 0 saturated carbocycles. The van der Waals surface area contributed by atoms with E-state index in [0.29, 0.717) is 17.1 Å². The van der Waals surface area contributed by atoms with E-state index in [9.17, 15) is 4.79 Å². The van der Waals surface area contributed by atoms with Crippen molar-refractivity contribution in [2.45, 2.75) is 13.3 Å². The summed E-state index contributed by atoms with van der Waals surface area (Å²) in [5.74, 6) is 0. The number of nitrogens with one attached hydrogen (secondary N) is 1. The Bertz CT molecular complexity index is 408. The van der Waals surface area contributed by atoms with Gasteiger partial charge in [0.2, 0.25) is 0 Å². The number of nitrogens with zero attached hydrogens (tertiary/aromatic N) is 1. The molecule has 0 aliphatic heterocycles. The van der Waals surface area contributed by atoms with E-state index in [4.69, 9.17) is 23.2 Å². The van der Waals surface area contributed by atoms with Gasteiger partial charge in [-0.25, -0.2) is 4.79 Å². The molecule has 86 valence electrons. The normalized spacial score (nSPS) is 11.1. The van der Waals surface area contributed by atoms with Crippen LogP contribution in [0.25, 0.3) is 0 Å². The van der Waals surface area contributed by atoms with E-state index in [1.165, 1.54) is 0 Å². The van der Waals surface area contributed by atoms with Gasteiger partial charge in [-0.1, -0.05) is 41.3 Å². The van der Waals surface area contributed by atoms with Crippen LogP contribution in [0, 0.1) is 0 Å². The van der Waals surface area contributed by atoms with Gasteiger partial charge in [-0.05, 0) is 18.2 Å². The molecular formula is C10H10Cl2N2O2. The molecule has 1 rings (SSSR count). The number of benzene rings is 1. The summed E-state index contributed by atoms with van der Waals surface area (Å²) in [5.41, 5.74) is 0.528. The summed E-state index contributed by atoms with van der Waals surface area (Å²) in [5, 5.41) is 6.59. The summed E-state index contributed by atoms with van der Waals surface area (Å²) >= 11 is 11.3. The van der Waals surface area contributed by atoms with Crippen LogP contribution in [0.3, 0.4) is 0 Å². The van der Waals surface area contributed by atoms with E-state index in [1.807, 2.05) is 0 Å². The molecule has 0 radical (unpaired) electrons. The Labute approximate surface area is 103 Å². The van der Waals surface area contributed by atoms with Gasteiger partial charge in [0.05, 0.1) is 0 Å². The van der Waals surface area contributed by atoms with Crippen molar-refractivity contribution >= 4 is 40.2 Å². The molecule has 1 amide bonds. The van der Waals surface area contributed by atoms with E-state index in [-0.39, 0.29) is 5.17 Å². The molecule has 16 heavy (non-hydrogen) atoms. The van der Waals surface area contributed by atoms with Crippen molar-refractivity contribution in [2.75, 3.05) is 5.32 Å². The highest BCUT2D eigenvalue weighted by Crippen LogP contribution is 2.14. The summed E-state index contributed by atoms with van der Waals surface area (Å²) in [6.07, 6.45) is -0.208. The number of amides is 1. The highest BCUT2D eigenvalue weighted by Gasteiger charge is 2.03. The van der Waals surface area contributed by atoms with Gasteiger partial charge in [-0.3, -0.25) is 10.2 Å². The minimum absolute atomic E-state index is 0.223. The third kappa shape index (κ3) is 4.51. The molecule has 1 N–H and O–H groups in total. The third-order valence-corrected chi connectivity index (χ3v) is 2.16. The Kier molecular flexibility index (Phi) is 5.08. The number of oxime groups is 1. The summed E-state index contributed by atoms with van der Waals surface area (Å²) in [7, 11) is 0. The molecule has 1 aromatic carbocycles. The van der Waals surface area contributed by atoms with Gasteiger partial charge in [0.25, 0.3) is 0 Å². The first-order chi connectivity index (χ1) is 7.61. The number of rotatable bonds is 3. The highest BCUT2D eigenvalue weighted by molar-refractivity contribution is 6.65. The number of halogens is 2. The third-order valence-electron chi connectivity index (χ3n) is 1.59. The topological polar surface area (TPSA) is 50.7 Å². The summed E-state index contributed by atoms with van der Waals surface area (Å²) < 4.78 is 0. The Morgan fingerprint density at radius 1 is 1.56 bits per heavy atom. The molecule has 0 heterocycles. The van der Waals surface area contributed by atoms with Crippen LogP contribution < -0.4 is 5.32 Å². The molecule has 0 unspecified atom stereocenters. The van der Waals surface area contributed by atoms with Crippen molar-refractivity contribution in [3.05, 3.63) is 29.3 Å². The molecule has 0 saturated heterocycles. The molecular weight excluding hydrogens is 251 g/mol. The maximum Gasteiger partial charge on any atom is 0.437 e. The smallest absolute Gasteiger partial charge is 0.297 e. The minimum atomic E-state index is -0.714. The number of anilines is 1. The van der Waals surface area contributed by atoms with Crippen LogP contribution in [0.1, 0.15) is 13.3 Å². The minimum Gasteiger partial charge on any atom is -0.297 e. The molecule has 4 nitrogen and oxygen atoms in total. The monoisotopic (exact) mass is 260 g/mol. The van der Waals surface area contributed by atoms with Crippen LogP contribution in [-0.4, -0.2) is 11.3 Å². The predicted octanol–water partition coefficient (Wildman–Crippen LogP) is 3.85. The lowest BCUT2D eigenvalue weighted by Gasteiger charge is -2.02. The molecule has 0 aromatic heterocycles. The fourth-order valence-electron chi connectivity index (χ4n) is 0.862. The van der Waals surface area contributed by atoms with Crippen molar-refractivity contribution in [1.82, 2.24) is 0 Å². The van der Waals surface area contributed by atoms with Gasteiger partial charge in [0.15, 0.2) is 0 Å². The zero-order chi connectivity index (χ0) is 12.0. The van der Waals surface area contributed by atoms with Crippen LogP contribution in [0.4, 0.5) is 10.5 Å². The number of hydrogen-bond acceptors (Lipinski definition) is 3. The second kappa shape index (κ2) is 6.35. The first kappa shape index (κ1) is 12.8. The van der Waals surface area contributed by atoms with Gasteiger partial charge < -0.3 is 0 Å². The zero-order valence-electron chi connectivity index (χ0n) is 8.54. The number of carbonyl (C=O) groups is 1. The fourth-order valence-corrected chi connectivity index (χ4v) is 1.09. The van der Waals surface area contributed by atoms with Gasteiger partial charge >= 0.3 is 6.09 Å². The largest absolute Gasteiger partial charge is 0.437 e. The van der Waals surface area contributed by atoms with E-state index in [1.54, 1.807) is 31.2 Å². The van der Waals surface area contributed by atoms with Crippen LogP contribution in [0.2, 0.25) is 5.02 Å². The van der Waals surface area contributed by atoms with Crippen molar-refractivity contribution in [1.29, 1.82) is 0 Å². The van der Waals surface area contributed by atoms with Crippen molar-refractivity contribution in [3.8, 4) is 0 Å². The fraction of sp³-hybridized carbons (Fsp3) is 0.200. The van der Waals surface area contributed by atoms with Crippen molar-refractivity contribution in [3.63, 3.8) is 0 Å². The lowest BCUT2D eigenvalue weighted by molar-refractivity contribution is 0.166. The second-order valence-corrected chi connectivity index (χ2v) is 3.71. The van der Waals surface area contributed by atoms with Crippen LogP contribution in [0.5, 0.6) is 0 Å². The maximum atomic E-state index is 11.2. The molecule has 0 aliphatic carbocycles. The van der Waals surface area contributed by atoms with E-state index in [2.05, 4.69) is 15.3 Å². The first-order valence-electron chi connectivity index (χ1n) is 4.57. The van der Waals surface area contributed by atoms with Crippen LogP contribution >= 0.6 is 23.2 Å². The molecule has 1 aromatic rings. The zero-order valence-corrected chi connectivity index (χ0v) is 10.0. The molecule has 0 bridgehead atoms. The van der Waals surface area contributed by atoms with Gasteiger partial charge in [0, 0.05) is 17.1 Å². The lowest BCUT2D eigenvalue weighted by atomic mass is 10.3. The SMILES string of the molecule is CC/C(Cl)=N/OC(=O)Nc1cccc(Cl)c1. The van der Waals surface area contributed by atoms with E-state index >= 15 is 0 Å². The van der Waals surface area contributed by atoms with Crippen LogP contribution in [-0.2, 0) is 4.84 Å². The summed E-state index contributed by atoms with van der Waals surface area (Å²) in [6, 6.07) is 6.68. The molecule has 0 atom stereocenters. The molecule has 0 aliphatic rings. The Morgan fingerprint density at radius 3 is 2.94 bits per heavy atom. The van der Waals surface area contributed by atoms with Crippen molar-refractivity contribution < 1.29 is 9.63 Å². The number of hydrogen-bond donors (Lipinski definition) is 1. The average molecular weight is 261 g/mol. The maximum absolute atomic E-state index is 11.2. The van der Waals surface area contributed by atoms with Gasteiger partial charge in [0.1, 0.15) is 5.17 Å². The average Bonchev–Trinajstić information content (AvgIpc) is 2.26. The molecule has 0 spiro atoms. The predicted molar refractivity (Wildman–Crippen MR) is 65.1 cm³/mol. The van der Waals surface area contributed by atoms with Gasteiger partial charge in [-0.15, -0.1) is 0 Å². The standard InChI is InChI=1S/C10H10Cl2N2O2/c1-2-9(12)14-16-10(15)13-8-5-3-4-7(11)6-8/h3-6H,2H2,1H3,(H,13,15)/b14-9-. The molecule has 6 heteroatoms. The van der Waals surface area contributed by atoms with Crippen LogP contribution in [0.15, 0.2) is 29.4 Å².